The minimum absolute atomic E-state index is 0.0747. The van der Waals surface area contributed by atoms with E-state index in [1.54, 1.807) is 10.9 Å². The minimum atomic E-state index is -0.954. The number of carboxylic acid groups (broad SMARTS) is 1. The number of hydrogen-bond acceptors (Lipinski definition) is 3. The second kappa shape index (κ2) is 6.95. The molecule has 0 saturated carbocycles. The second-order valence-corrected chi connectivity index (χ2v) is 5.37. The van der Waals surface area contributed by atoms with Crippen molar-refractivity contribution in [1.29, 1.82) is 0 Å². The van der Waals surface area contributed by atoms with E-state index in [1.807, 2.05) is 39.0 Å². The fraction of sp³-hybridized carbons (Fsp3) is 0.312. The summed E-state index contributed by atoms with van der Waals surface area (Å²) in [6, 6.07) is 5.64. The highest BCUT2D eigenvalue weighted by molar-refractivity contribution is 5.90. The summed E-state index contributed by atoms with van der Waals surface area (Å²) in [7, 11) is 0. The molecule has 2 aromatic rings. The van der Waals surface area contributed by atoms with Crippen molar-refractivity contribution in [1.82, 2.24) is 15.1 Å². The van der Waals surface area contributed by atoms with E-state index in [2.05, 4.69) is 15.7 Å². The van der Waals surface area contributed by atoms with Gasteiger partial charge in [0.2, 0.25) is 0 Å². The summed E-state index contributed by atoms with van der Waals surface area (Å²) >= 11 is 0. The molecule has 0 aliphatic carbocycles. The van der Waals surface area contributed by atoms with E-state index in [0.717, 1.165) is 22.5 Å². The monoisotopic (exact) mass is 316 g/mol. The summed E-state index contributed by atoms with van der Waals surface area (Å²) in [5, 5.41) is 18.1. The Hall–Kier alpha value is -2.83. The lowest BCUT2D eigenvalue weighted by molar-refractivity contribution is -0.136. The van der Waals surface area contributed by atoms with Crippen LogP contribution in [0.15, 0.2) is 24.4 Å². The highest BCUT2D eigenvalue weighted by Crippen LogP contribution is 2.21. The molecule has 0 aliphatic rings. The summed E-state index contributed by atoms with van der Waals surface area (Å²) in [6.07, 6.45) is 1.46. The van der Waals surface area contributed by atoms with Gasteiger partial charge in [0.15, 0.2) is 0 Å². The number of aliphatic carboxylic acids is 1. The molecule has 0 aliphatic heterocycles. The molecule has 7 nitrogen and oxygen atoms in total. The molecule has 1 aromatic heterocycles. The molecule has 2 amide bonds. The minimum Gasteiger partial charge on any atom is -0.481 e. The van der Waals surface area contributed by atoms with E-state index >= 15 is 0 Å². The number of carbonyl (C=O) groups is 2. The number of carbonyl (C=O) groups excluding carboxylic acids is 1. The number of urea groups is 1. The number of hydrogen-bond donors (Lipinski definition) is 3. The predicted octanol–water partition coefficient (Wildman–Crippen LogP) is 2.39. The van der Waals surface area contributed by atoms with Crippen molar-refractivity contribution in [3.8, 4) is 5.69 Å². The van der Waals surface area contributed by atoms with Crippen molar-refractivity contribution in [2.45, 2.75) is 27.2 Å². The largest absolute Gasteiger partial charge is 0.481 e. The number of rotatable bonds is 5. The molecular formula is C16H20N4O3. The van der Waals surface area contributed by atoms with Gasteiger partial charge in [-0.05, 0) is 38.0 Å². The molecular weight excluding hydrogens is 296 g/mol. The molecule has 2 rings (SSSR count). The number of amides is 2. The Balaban J connectivity index is 2.12. The first kappa shape index (κ1) is 16.5. The summed E-state index contributed by atoms with van der Waals surface area (Å²) in [5.41, 5.74) is 4.55. The molecule has 0 spiro atoms. The zero-order valence-electron chi connectivity index (χ0n) is 13.4. The van der Waals surface area contributed by atoms with Crippen LogP contribution in [-0.2, 0) is 4.79 Å². The molecule has 0 unspecified atom stereocenters. The van der Waals surface area contributed by atoms with Crippen LogP contribution in [0, 0.1) is 20.8 Å². The van der Waals surface area contributed by atoms with Gasteiger partial charge in [-0.25, -0.2) is 9.48 Å². The lowest BCUT2D eigenvalue weighted by Gasteiger charge is -2.10. The van der Waals surface area contributed by atoms with E-state index < -0.39 is 12.0 Å². The van der Waals surface area contributed by atoms with Crippen LogP contribution in [0.4, 0.5) is 10.5 Å². The number of benzene rings is 1. The van der Waals surface area contributed by atoms with E-state index in [4.69, 9.17) is 5.11 Å². The third-order valence-corrected chi connectivity index (χ3v) is 3.48. The molecule has 122 valence electrons. The van der Waals surface area contributed by atoms with Gasteiger partial charge < -0.3 is 15.7 Å². The van der Waals surface area contributed by atoms with E-state index in [-0.39, 0.29) is 13.0 Å². The van der Waals surface area contributed by atoms with Gasteiger partial charge in [-0.15, -0.1) is 0 Å². The lowest BCUT2D eigenvalue weighted by Crippen LogP contribution is -2.30. The average Bonchev–Trinajstić information content (AvgIpc) is 2.82. The topological polar surface area (TPSA) is 96.3 Å². The summed E-state index contributed by atoms with van der Waals surface area (Å²) < 4.78 is 1.77. The Morgan fingerprint density at radius 1 is 1.26 bits per heavy atom. The highest BCUT2D eigenvalue weighted by atomic mass is 16.4. The van der Waals surface area contributed by atoms with Gasteiger partial charge in [0.1, 0.15) is 0 Å². The van der Waals surface area contributed by atoms with Crippen LogP contribution >= 0.6 is 0 Å². The Labute approximate surface area is 134 Å². The van der Waals surface area contributed by atoms with Crippen LogP contribution in [0.25, 0.3) is 5.69 Å². The van der Waals surface area contributed by atoms with Crippen molar-refractivity contribution < 1.29 is 14.7 Å². The van der Waals surface area contributed by atoms with Crippen molar-refractivity contribution in [2.24, 2.45) is 0 Å². The van der Waals surface area contributed by atoms with Gasteiger partial charge in [0, 0.05) is 6.54 Å². The first-order chi connectivity index (χ1) is 10.9. The second-order valence-electron chi connectivity index (χ2n) is 5.37. The fourth-order valence-corrected chi connectivity index (χ4v) is 2.17. The van der Waals surface area contributed by atoms with E-state index in [9.17, 15) is 9.59 Å². The normalized spacial score (nSPS) is 10.4. The molecule has 7 heteroatoms. The van der Waals surface area contributed by atoms with Crippen LogP contribution in [-0.4, -0.2) is 33.4 Å². The fourth-order valence-electron chi connectivity index (χ4n) is 2.17. The van der Waals surface area contributed by atoms with E-state index in [1.165, 1.54) is 0 Å². The van der Waals surface area contributed by atoms with Crippen molar-refractivity contribution in [3.63, 3.8) is 0 Å². The molecule has 0 saturated heterocycles. The maximum absolute atomic E-state index is 11.8. The van der Waals surface area contributed by atoms with Gasteiger partial charge in [-0.3, -0.25) is 4.79 Å². The maximum Gasteiger partial charge on any atom is 0.319 e. The summed E-state index contributed by atoms with van der Waals surface area (Å²) in [5.74, 6) is -0.954. The Kier molecular flexibility index (Phi) is 5.00. The maximum atomic E-state index is 11.8. The van der Waals surface area contributed by atoms with Gasteiger partial charge in [0.25, 0.3) is 0 Å². The molecule has 0 radical (unpaired) electrons. The van der Waals surface area contributed by atoms with Gasteiger partial charge in [-0.1, -0.05) is 12.1 Å². The van der Waals surface area contributed by atoms with E-state index in [0.29, 0.717) is 5.69 Å². The van der Waals surface area contributed by atoms with Gasteiger partial charge in [0.05, 0.1) is 29.7 Å². The van der Waals surface area contributed by atoms with Crippen LogP contribution in [0.2, 0.25) is 0 Å². The number of nitrogens with one attached hydrogen (secondary N) is 2. The molecule has 1 aromatic carbocycles. The number of anilines is 1. The Morgan fingerprint density at radius 3 is 2.70 bits per heavy atom. The molecule has 0 atom stereocenters. The average molecular weight is 316 g/mol. The molecule has 23 heavy (non-hydrogen) atoms. The number of carboxylic acids is 1. The quantitative estimate of drug-likeness (QED) is 0.789. The van der Waals surface area contributed by atoms with Gasteiger partial charge in [-0.2, -0.15) is 5.10 Å². The molecule has 0 fully saturated rings. The standard InChI is InChI=1S/C16H20N4O3/c1-10-4-5-11(2)14(8-10)20-12(3)13(9-18-20)19-16(23)17-7-6-15(21)22/h4-5,8-9H,6-7H2,1-3H3,(H,21,22)(H2,17,19,23). The van der Waals surface area contributed by atoms with Crippen LogP contribution in [0.1, 0.15) is 23.2 Å². The van der Waals surface area contributed by atoms with Crippen molar-refractivity contribution in [3.05, 3.63) is 41.2 Å². The van der Waals surface area contributed by atoms with Gasteiger partial charge >= 0.3 is 12.0 Å². The zero-order chi connectivity index (χ0) is 17.0. The molecule has 0 bridgehead atoms. The first-order valence-electron chi connectivity index (χ1n) is 7.27. The predicted molar refractivity (Wildman–Crippen MR) is 87.0 cm³/mol. The Bertz CT molecular complexity index is 737. The molecule has 1 heterocycles. The zero-order valence-corrected chi connectivity index (χ0v) is 13.4. The number of aryl methyl sites for hydroxylation is 2. The molecule has 3 N–H and O–H groups in total. The number of nitrogens with zero attached hydrogens (tertiary/aromatic N) is 2. The lowest BCUT2D eigenvalue weighted by atomic mass is 10.1. The van der Waals surface area contributed by atoms with Crippen molar-refractivity contribution in [2.75, 3.05) is 11.9 Å². The first-order valence-corrected chi connectivity index (χ1v) is 7.27. The van der Waals surface area contributed by atoms with Crippen molar-refractivity contribution >= 4 is 17.7 Å². The summed E-state index contributed by atoms with van der Waals surface area (Å²) in [4.78, 5) is 22.2. The van der Waals surface area contributed by atoms with Crippen LogP contribution in [0.3, 0.4) is 0 Å². The highest BCUT2D eigenvalue weighted by Gasteiger charge is 2.12. The Morgan fingerprint density at radius 2 is 2.00 bits per heavy atom. The third-order valence-electron chi connectivity index (χ3n) is 3.48. The SMILES string of the molecule is Cc1ccc(C)c(-n2ncc(NC(=O)NCCC(=O)O)c2C)c1. The van der Waals surface area contributed by atoms with Crippen LogP contribution in [0.5, 0.6) is 0 Å². The number of aromatic nitrogens is 2. The third kappa shape index (κ3) is 4.09. The van der Waals surface area contributed by atoms with Crippen LogP contribution < -0.4 is 10.6 Å². The smallest absolute Gasteiger partial charge is 0.319 e. The summed E-state index contributed by atoms with van der Waals surface area (Å²) in [6.45, 7) is 5.95.